The summed E-state index contributed by atoms with van der Waals surface area (Å²) in [4.78, 5) is 6.65. The summed E-state index contributed by atoms with van der Waals surface area (Å²) in [6.07, 6.45) is 4.17. The van der Waals surface area contributed by atoms with Crippen LogP contribution in [-0.4, -0.2) is 38.9 Å². The van der Waals surface area contributed by atoms with Crippen LogP contribution in [0.4, 0.5) is 5.82 Å². The third kappa shape index (κ3) is 2.47. The molecule has 1 aromatic carbocycles. The van der Waals surface area contributed by atoms with E-state index in [9.17, 15) is 5.11 Å². The summed E-state index contributed by atoms with van der Waals surface area (Å²) in [6.45, 7) is 5.70. The minimum absolute atomic E-state index is 0.265. The number of aliphatic hydroxyl groups is 1. The zero-order valence-corrected chi connectivity index (χ0v) is 13.4. The van der Waals surface area contributed by atoms with E-state index in [4.69, 9.17) is 5.10 Å². The van der Waals surface area contributed by atoms with Gasteiger partial charge in [-0.25, -0.2) is 9.50 Å². The number of fused-ring (bicyclic) bond motifs is 1. The fourth-order valence-corrected chi connectivity index (χ4v) is 3.13. The molecule has 0 radical (unpaired) electrons. The van der Waals surface area contributed by atoms with Gasteiger partial charge in [0.25, 0.3) is 0 Å². The number of aliphatic hydroxyl groups excluding tert-OH is 1. The van der Waals surface area contributed by atoms with Crippen molar-refractivity contribution in [3.63, 3.8) is 0 Å². The van der Waals surface area contributed by atoms with Crippen LogP contribution < -0.4 is 4.90 Å². The molecule has 1 aliphatic heterocycles. The van der Waals surface area contributed by atoms with Gasteiger partial charge < -0.3 is 10.0 Å². The summed E-state index contributed by atoms with van der Waals surface area (Å²) < 4.78 is 1.87. The van der Waals surface area contributed by atoms with Gasteiger partial charge in [-0.3, -0.25) is 0 Å². The number of aryl methyl sites for hydroxylation is 2. The van der Waals surface area contributed by atoms with E-state index >= 15 is 0 Å². The molecule has 0 saturated carbocycles. The van der Waals surface area contributed by atoms with Crippen molar-refractivity contribution in [2.75, 3.05) is 18.0 Å². The lowest BCUT2D eigenvalue weighted by Gasteiger charge is -2.16. The Hall–Kier alpha value is -2.40. The number of aromatic nitrogens is 3. The summed E-state index contributed by atoms with van der Waals surface area (Å²) in [6, 6.07) is 8.49. The van der Waals surface area contributed by atoms with E-state index in [-0.39, 0.29) is 6.10 Å². The highest BCUT2D eigenvalue weighted by Gasteiger charge is 2.23. The van der Waals surface area contributed by atoms with E-state index in [0.29, 0.717) is 6.54 Å². The molecule has 0 aliphatic carbocycles. The minimum Gasteiger partial charge on any atom is -0.391 e. The first-order valence-electron chi connectivity index (χ1n) is 7.97. The van der Waals surface area contributed by atoms with E-state index in [2.05, 4.69) is 48.0 Å². The number of β-amino-alcohol motifs (C(OH)–C–C–N with tert-alkyl or cyclic N) is 1. The lowest BCUT2D eigenvalue weighted by atomic mass is 10.0. The van der Waals surface area contributed by atoms with Gasteiger partial charge in [-0.05, 0) is 43.5 Å². The van der Waals surface area contributed by atoms with Crippen LogP contribution in [0.1, 0.15) is 17.5 Å². The lowest BCUT2D eigenvalue weighted by Crippen LogP contribution is -2.22. The molecule has 2 aromatic heterocycles. The number of nitrogens with zero attached hydrogens (tertiary/aromatic N) is 4. The maximum Gasteiger partial charge on any atom is 0.154 e. The Morgan fingerprint density at radius 2 is 2.04 bits per heavy atom. The topological polar surface area (TPSA) is 53.7 Å². The summed E-state index contributed by atoms with van der Waals surface area (Å²) in [7, 11) is 0. The Morgan fingerprint density at radius 3 is 2.78 bits per heavy atom. The largest absolute Gasteiger partial charge is 0.391 e. The van der Waals surface area contributed by atoms with Gasteiger partial charge in [0, 0.05) is 31.0 Å². The minimum atomic E-state index is -0.265. The molecule has 1 saturated heterocycles. The van der Waals surface area contributed by atoms with Crippen molar-refractivity contribution in [3.8, 4) is 11.3 Å². The zero-order valence-electron chi connectivity index (χ0n) is 13.4. The molecule has 0 amide bonds. The Bertz CT molecular complexity index is 871. The number of rotatable bonds is 2. The van der Waals surface area contributed by atoms with E-state index < -0.39 is 0 Å². The Kier molecular flexibility index (Phi) is 3.31. The molecule has 5 heteroatoms. The van der Waals surface area contributed by atoms with Gasteiger partial charge >= 0.3 is 0 Å². The maximum absolute atomic E-state index is 9.78. The summed E-state index contributed by atoms with van der Waals surface area (Å²) >= 11 is 0. The number of hydrogen-bond acceptors (Lipinski definition) is 4. The second kappa shape index (κ2) is 5.35. The van der Waals surface area contributed by atoms with Gasteiger partial charge in [0.15, 0.2) is 5.82 Å². The van der Waals surface area contributed by atoms with Gasteiger partial charge in [0.05, 0.1) is 11.8 Å². The van der Waals surface area contributed by atoms with Gasteiger partial charge in [-0.15, -0.1) is 0 Å². The van der Waals surface area contributed by atoms with E-state index in [1.54, 1.807) is 6.20 Å². The van der Waals surface area contributed by atoms with Crippen LogP contribution >= 0.6 is 0 Å². The van der Waals surface area contributed by atoms with Crippen LogP contribution in [0.25, 0.3) is 16.8 Å². The third-order valence-corrected chi connectivity index (χ3v) is 4.64. The third-order valence-electron chi connectivity index (χ3n) is 4.64. The van der Waals surface area contributed by atoms with Gasteiger partial charge in [-0.2, -0.15) is 5.10 Å². The summed E-state index contributed by atoms with van der Waals surface area (Å²) in [5, 5.41) is 14.5. The van der Waals surface area contributed by atoms with Crippen LogP contribution in [0.5, 0.6) is 0 Å². The average Bonchev–Trinajstić information content (AvgIpc) is 3.15. The van der Waals surface area contributed by atoms with Crippen LogP contribution in [-0.2, 0) is 0 Å². The molecule has 1 fully saturated rings. The van der Waals surface area contributed by atoms with Gasteiger partial charge in [0.1, 0.15) is 5.52 Å². The number of anilines is 1. The molecule has 5 nitrogen and oxygen atoms in total. The van der Waals surface area contributed by atoms with Crippen LogP contribution in [0, 0.1) is 13.8 Å². The van der Waals surface area contributed by atoms with Gasteiger partial charge in [0.2, 0.25) is 0 Å². The van der Waals surface area contributed by atoms with Crippen LogP contribution in [0.15, 0.2) is 36.7 Å². The standard InChI is InChI=1S/C18H20N4O/c1-12-3-4-14(9-13(12)2)16-10-17-18(19-6-8-22(17)20-16)21-7-5-15(23)11-21/h3-4,6,8-10,15,23H,5,7,11H2,1-2H3. The Balaban J connectivity index is 1.80. The van der Waals surface area contributed by atoms with Gasteiger partial charge in [-0.1, -0.05) is 12.1 Å². The van der Waals surface area contributed by atoms with E-state index in [1.165, 1.54) is 11.1 Å². The van der Waals surface area contributed by atoms with E-state index in [1.807, 2.05) is 10.7 Å². The number of hydrogen-bond donors (Lipinski definition) is 1. The fraction of sp³-hybridized carbons (Fsp3) is 0.333. The molecule has 0 bridgehead atoms. The highest BCUT2D eigenvalue weighted by Crippen LogP contribution is 2.28. The molecule has 118 valence electrons. The zero-order chi connectivity index (χ0) is 16.0. The predicted octanol–water partition coefficient (Wildman–Crippen LogP) is 2.58. The van der Waals surface area contributed by atoms with Crippen molar-refractivity contribution in [2.24, 2.45) is 0 Å². The SMILES string of the molecule is Cc1ccc(-c2cc3c(N4CCC(O)C4)nccn3n2)cc1C. The molecular weight excluding hydrogens is 288 g/mol. The van der Waals surface area contributed by atoms with Crippen LogP contribution in [0.3, 0.4) is 0 Å². The monoisotopic (exact) mass is 308 g/mol. The van der Waals surface area contributed by atoms with Crippen molar-refractivity contribution in [3.05, 3.63) is 47.8 Å². The number of benzene rings is 1. The molecule has 3 heterocycles. The fourth-order valence-electron chi connectivity index (χ4n) is 3.13. The Labute approximate surface area is 135 Å². The summed E-state index contributed by atoms with van der Waals surface area (Å²) in [5.74, 6) is 0.895. The normalized spacial score (nSPS) is 18.0. The summed E-state index contributed by atoms with van der Waals surface area (Å²) in [5.41, 5.74) is 5.59. The van der Waals surface area contributed by atoms with Crippen molar-refractivity contribution >= 4 is 11.3 Å². The lowest BCUT2D eigenvalue weighted by molar-refractivity contribution is 0.198. The smallest absolute Gasteiger partial charge is 0.154 e. The van der Waals surface area contributed by atoms with Crippen molar-refractivity contribution in [2.45, 2.75) is 26.4 Å². The van der Waals surface area contributed by atoms with Crippen LogP contribution in [0.2, 0.25) is 0 Å². The molecule has 0 spiro atoms. The molecule has 1 unspecified atom stereocenters. The molecule has 3 aromatic rings. The second-order valence-corrected chi connectivity index (χ2v) is 6.30. The maximum atomic E-state index is 9.78. The molecular formula is C18H20N4O. The van der Waals surface area contributed by atoms with E-state index in [0.717, 1.165) is 35.6 Å². The van der Waals surface area contributed by atoms with Crippen molar-refractivity contribution in [1.82, 2.24) is 14.6 Å². The predicted molar refractivity (Wildman–Crippen MR) is 90.7 cm³/mol. The first-order valence-corrected chi connectivity index (χ1v) is 7.97. The highest BCUT2D eigenvalue weighted by atomic mass is 16.3. The molecule has 23 heavy (non-hydrogen) atoms. The molecule has 1 atom stereocenters. The van der Waals surface area contributed by atoms with Crippen molar-refractivity contribution in [1.29, 1.82) is 0 Å². The molecule has 1 N–H and O–H groups in total. The highest BCUT2D eigenvalue weighted by molar-refractivity contribution is 5.75. The Morgan fingerprint density at radius 1 is 1.17 bits per heavy atom. The quantitative estimate of drug-likeness (QED) is 0.790. The first kappa shape index (κ1) is 14.2. The molecule has 4 rings (SSSR count). The second-order valence-electron chi connectivity index (χ2n) is 6.30. The van der Waals surface area contributed by atoms with Crippen molar-refractivity contribution < 1.29 is 5.11 Å². The first-order chi connectivity index (χ1) is 11.1. The molecule has 1 aliphatic rings. The average molecular weight is 308 g/mol.